The topological polar surface area (TPSA) is 52.4 Å². The maximum absolute atomic E-state index is 9.28. The van der Waals surface area contributed by atoms with Crippen LogP contribution in [0, 0.1) is 18.3 Å². The van der Waals surface area contributed by atoms with Gasteiger partial charge in [0.05, 0.1) is 12.7 Å². The number of anilines is 2. The molecule has 0 amide bonds. The third kappa shape index (κ3) is 3.21. The number of pyridine rings is 1. The zero-order valence-corrected chi connectivity index (χ0v) is 13.5. The van der Waals surface area contributed by atoms with Crippen LogP contribution in [-0.4, -0.2) is 38.3 Å². The SMILES string of the molecule is COc1ccc(N2CCN(c3nc(C)ccc3C#N)CC2)cc1. The number of methoxy groups -OCH3 is 1. The van der Waals surface area contributed by atoms with Crippen LogP contribution in [0.2, 0.25) is 0 Å². The number of ether oxygens (including phenoxy) is 1. The first-order valence-corrected chi connectivity index (χ1v) is 7.73. The highest BCUT2D eigenvalue weighted by atomic mass is 16.5. The number of aryl methyl sites for hydroxylation is 1. The molecule has 2 aromatic rings. The summed E-state index contributed by atoms with van der Waals surface area (Å²) in [5, 5.41) is 9.28. The zero-order valence-electron chi connectivity index (χ0n) is 13.5. The van der Waals surface area contributed by atoms with Gasteiger partial charge in [-0.15, -0.1) is 0 Å². The Labute approximate surface area is 136 Å². The van der Waals surface area contributed by atoms with Gasteiger partial charge < -0.3 is 14.5 Å². The molecule has 0 N–H and O–H groups in total. The van der Waals surface area contributed by atoms with Gasteiger partial charge in [0, 0.05) is 37.6 Å². The highest BCUT2D eigenvalue weighted by Crippen LogP contribution is 2.23. The van der Waals surface area contributed by atoms with Crippen molar-refractivity contribution in [1.29, 1.82) is 5.26 Å². The molecular formula is C18H20N4O. The van der Waals surface area contributed by atoms with E-state index in [4.69, 9.17) is 4.74 Å². The lowest BCUT2D eigenvalue weighted by Gasteiger charge is -2.37. The van der Waals surface area contributed by atoms with Crippen LogP contribution in [0.25, 0.3) is 0 Å². The molecule has 0 aliphatic carbocycles. The van der Waals surface area contributed by atoms with E-state index in [1.165, 1.54) is 5.69 Å². The van der Waals surface area contributed by atoms with Crippen molar-refractivity contribution in [2.45, 2.75) is 6.92 Å². The van der Waals surface area contributed by atoms with Crippen molar-refractivity contribution >= 4 is 11.5 Å². The van der Waals surface area contributed by atoms with Crippen LogP contribution >= 0.6 is 0 Å². The Balaban J connectivity index is 1.71. The van der Waals surface area contributed by atoms with Gasteiger partial charge in [0.1, 0.15) is 17.6 Å². The van der Waals surface area contributed by atoms with Gasteiger partial charge in [-0.25, -0.2) is 4.98 Å². The van der Waals surface area contributed by atoms with Gasteiger partial charge >= 0.3 is 0 Å². The molecule has 1 aliphatic heterocycles. The fourth-order valence-corrected chi connectivity index (χ4v) is 2.84. The van der Waals surface area contributed by atoms with Gasteiger partial charge in [0.15, 0.2) is 0 Å². The summed E-state index contributed by atoms with van der Waals surface area (Å²) in [7, 11) is 1.68. The van der Waals surface area contributed by atoms with Gasteiger partial charge in [-0.1, -0.05) is 0 Å². The largest absolute Gasteiger partial charge is 0.497 e. The highest BCUT2D eigenvalue weighted by Gasteiger charge is 2.20. The van der Waals surface area contributed by atoms with Crippen molar-refractivity contribution in [2.24, 2.45) is 0 Å². The first-order valence-electron chi connectivity index (χ1n) is 7.73. The van der Waals surface area contributed by atoms with E-state index in [2.05, 4.69) is 33.0 Å². The van der Waals surface area contributed by atoms with Crippen LogP contribution in [0.3, 0.4) is 0 Å². The number of aromatic nitrogens is 1. The maximum atomic E-state index is 9.28. The predicted octanol–water partition coefficient (Wildman–Crippen LogP) is 2.60. The van der Waals surface area contributed by atoms with Crippen molar-refractivity contribution < 1.29 is 4.74 Å². The summed E-state index contributed by atoms with van der Waals surface area (Å²) in [5.74, 6) is 1.68. The van der Waals surface area contributed by atoms with Crippen LogP contribution < -0.4 is 14.5 Å². The normalized spacial score (nSPS) is 14.5. The summed E-state index contributed by atoms with van der Waals surface area (Å²) >= 11 is 0. The molecule has 3 rings (SSSR count). The molecule has 5 nitrogen and oxygen atoms in total. The number of nitriles is 1. The molecule has 2 heterocycles. The van der Waals surface area contributed by atoms with Crippen LogP contribution in [0.1, 0.15) is 11.3 Å². The summed E-state index contributed by atoms with van der Waals surface area (Å²) in [6, 6.07) is 14.1. The molecule has 23 heavy (non-hydrogen) atoms. The first kappa shape index (κ1) is 15.2. The van der Waals surface area contributed by atoms with Crippen LogP contribution in [0.15, 0.2) is 36.4 Å². The van der Waals surface area contributed by atoms with Crippen molar-refractivity contribution in [3.05, 3.63) is 47.7 Å². The minimum absolute atomic E-state index is 0.647. The molecular weight excluding hydrogens is 288 g/mol. The van der Waals surface area contributed by atoms with E-state index in [1.54, 1.807) is 7.11 Å². The van der Waals surface area contributed by atoms with Crippen LogP contribution in [0.4, 0.5) is 11.5 Å². The summed E-state index contributed by atoms with van der Waals surface area (Å²) in [6.45, 7) is 5.49. The number of rotatable bonds is 3. The Morgan fingerprint density at radius 1 is 1.00 bits per heavy atom. The second-order valence-corrected chi connectivity index (χ2v) is 5.61. The van der Waals surface area contributed by atoms with E-state index >= 15 is 0 Å². The minimum atomic E-state index is 0.647. The van der Waals surface area contributed by atoms with E-state index in [1.807, 2.05) is 31.2 Å². The lowest BCUT2D eigenvalue weighted by Crippen LogP contribution is -2.47. The van der Waals surface area contributed by atoms with E-state index in [0.717, 1.165) is 43.4 Å². The predicted molar refractivity (Wildman–Crippen MR) is 91.1 cm³/mol. The Bertz CT molecular complexity index is 713. The van der Waals surface area contributed by atoms with Crippen LogP contribution in [0.5, 0.6) is 5.75 Å². The van der Waals surface area contributed by atoms with E-state index in [-0.39, 0.29) is 0 Å². The minimum Gasteiger partial charge on any atom is -0.497 e. The molecule has 0 saturated carbocycles. The standard InChI is InChI=1S/C18H20N4O/c1-14-3-4-15(13-19)18(20-14)22-11-9-21(10-12-22)16-5-7-17(23-2)8-6-16/h3-8H,9-12H2,1-2H3. The van der Waals surface area contributed by atoms with Gasteiger partial charge in [-0.3, -0.25) is 0 Å². The van der Waals surface area contributed by atoms with Crippen molar-refractivity contribution in [3.63, 3.8) is 0 Å². The van der Waals surface area contributed by atoms with Crippen LogP contribution in [-0.2, 0) is 0 Å². The lowest BCUT2D eigenvalue weighted by molar-refractivity contribution is 0.415. The second kappa shape index (κ2) is 6.57. The highest BCUT2D eigenvalue weighted by molar-refractivity contribution is 5.56. The molecule has 0 bridgehead atoms. The first-order chi connectivity index (χ1) is 11.2. The molecule has 1 saturated heterocycles. The maximum Gasteiger partial charge on any atom is 0.146 e. The summed E-state index contributed by atoms with van der Waals surface area (Å²) in [6.07, 6.45) is 0. The number of piperazine rings is 1. The molecule has 0 atom stereocenters. The Morgan fingerprint density at radius 2 is 1.65 bits per heavy atom. The third-order valence-corrected chi connectivity index (χ3v) is 4.15. The fraction of sp³-hybridized carbons (Fsp3) is 0.333. The van der Waals surface area contributed by atoms with Gasteiger partial charge in [-0.2, -0.15) is 5.26 Å². The molecule has 0 unspecified atom stereocenters. The molecule has 1 aliphatic rings. The molecule has 0 radical (unpaired) electrons. The molecule has 1 aromatic heterocycles. The Kier molecular flexibility index (Phi) is 4.33. The lowest BCUT2D eigenvalue weighted by atomic mass is 10.2. The Morgan fingerprint density at radius 3 is 2.26 bits per heavy atom. The summed E-state index contributed by atoms with van der Waals surface area (Å²) < 4.78 is 5.20. The molecule has 1 aromatic carbocycles. The van der Waals surface area contributed by atoms with E-state index in [9.17, 15) is 5.26 Å². The number of nitrogens with zero attached hydrogens (tertiary/aromatic N) is 4. The molecule has 5 heteroatoms. The summed E-state index contributed by atoms with van der Waals surface area (Å²) in [5.41, 5.74) is 2.79. The van der Waals surface area contributed by atoms with Crippen molar-refractivity contribution in [2.75, 3.05) is 43.1 Å². The average molecular weight is 308 g/mol. The van der Waals surface area contributed by atoms with Crippen molar-refractivity contribution in [3.8, 4) is 11.8 Å². The second-order valence-electron chi connectivity index (χ2n) is 5.61. The average Bonchev–Trinajstić information content (AvgIpc) is 2.62. The van der Waals surface area contributed by atoms with E-state index < -0.39 is 0 Å². The smallest absolute Gasteiger partial charge is 0.146 e. The van der Waals surface area contributed by atoms with Gasteiger partial charge in [-0.05, 0) is 43.3 Å². The number of hydrogen-bond donors (Lipinski definition) is 0. The Hall–Kier alpha value is -2.74. The van der Waals surface area contributed by atoms with E-state index in [0.29, 0.717) is 5.56 Å². The van der Waals surface area contributed by atoms with Crippen molar-refractivity contribution in [1.82, 2.24) is 4.98 Å². The monoisotopic (exact) mass is 308 g/mol. The summed E-state index contributed by atoms with van der Waals surface area (Å²) in [4.78, 5) is 9.10. The molecule has 0 spiro atoms. The van der Waals surface area contributed by atoms with Gasteiger partial charge in [0.25, 0.3) is 0 Å². The number of hydrogen-bond acceptors (Lipinski definition) is 5. The third-order valence-electron chi connectivity index (χ3n) is 4.15. The fourth-order valence-electron chi connectivity index (χ4n) is 2.84. The quantitative estimate of drug-likeness (QED) is 0.872. The number of benzene rings is 1. The molecule has 118 valence electrons. The van der Waals surface area contributed by atoms with Gasteiger partial charge in [0.2, 0.25) is 0 Å². The molecule has 1 fully saturated rings. The zero-order chi connectivity index (χ0) is 16.2.